The van der Waals surface area contributed by atoms with E-state index in [1.165, 1.54) is 11.3 Å². The van der Waals surface area contributed by atoms with E-state index < -0.39 is 17.8 Å². The van der Waals surface area contributed by atoms with Crippen LogP contribution >= 0.6 is 11.3 Å². The molecule has 2 aromatic carbocycles. The number of nitrogens with one attached hydrogen (secondary N) is 1. The van der Waals surface area contributed by atoms with Gasteiger partial charge in [0.1, 0.15) is 0 Å². The number of carboxylic acid groups (broad SMARTS) is 1. The first kappa shape index (κ1) is 19.3. The largest absolute Gasteiger partial charge is 0.481 e. The fourth-order valence-electron chi connectivity index (χ4n) is 3.89. The van der Waals surface area contributed by atoms with Gasteiger partial charge in [0.2, 0.25) is 5.91 Å². The summed E-state index contributed by atoms with van der Waals surface area (Å²) in [7, 11) is 0. The number of carbonyl (C=O) groups is 2. The standard InChI is InChI=1S/C23H22N2O3S/c26-21(17-13-7-8-14-18(17)22(27)28)25-23-24-19(15-9-3-1-4-10-15)20(29-23)16-11-5-2-6-12-16/h1-6,9-12,17-18H,7-8,13-14H2,(H,27,28)(H,24,25,26)/t17-,18-/m0/s1. The van der Waals surface area contributed by atoms with Gasteiger partial charge in [0.15, 0.2) is 5.13 Å². The summed E-state index contributed by atoms with van der Waals surface area (Å²) in [5.41, 5.74) is 2.82. The monoisotopic (exact) mass is 406 g/mol. The zero-order chi connectivity index (χ0) is 20.2. The Hall–Kier alpha value is -2.99. The first-order chi connectivity index (χ1) is 14.1. The van der Waals surface area contributed by atoms with E-state index >= 15 is 0 Å². The Balaban J connectivity index is 1.65. The molecule has 0 saturated heterocycles. The van der Waals surface area contributed by atoms with E-state index in [1.807, 2.05) is 60.7 Å². The number of carbonyl (C=O) groups excluding carboxylic acids is 1. The lowest BCUT2D eigenvalue weighted by Crippen LogP contribution is -2.36. The average molecular weight is 407 g/mol. The van der Waals surface area contributed by atoms with E-state index in [2.05, 4.69) is 5.32 Å². The van der Waals surface area contributed by atoms with Gasteiger partial charge in [-0.3, -0.25) is 9.59 Å². The van der Waals surface area contributed by atoms with Crippen LogP contribution in [0.5, 0.6) is 0 Å². The van der Waals surface area contributed by atoms with E-state index in [1.54, 1.807) is 0 Å². The Kier molecular flexibility index (Phi) is 5.71. The molecule has 2 atom stereocenters. The number of aliphatic carboxylic acids is 1. The Morgan fingerprint density at radius 3 is 2.10 bits per heavy atom. The number of anilines is 1. The van der Waals surface area contributed by atoms with Crippen molar-refractivity contribution in [3.63, 3.8) is 0 Å². The highest BCUT2D eigenvalue weighted by molar-refractivity contribution is 7.19. The van der Waals surface area contributed by atoms with Crippen molar-refractivity contribution in [3.05, 3.63) is 60.7 Å². The molecule has 1 aliphatic rings. The second-order valence-electron chi connectivity index (χ2n) is 7.25. The Bertz CT molecular complexity index is 944. The van der Waals surface area contributed by atoms with Crippen LogP contribution in [0.4, 0.5) is 5.13 Å². The predicted octanol–water partition coefficient (Wildman–Crippen LogP) is 5.31. The molecule has 0 radical (unpaired) electrons. The normalized spacial score (nSPS) is 18.9. The summed E-state index contributed by atoms with van der Waals surface area (Å²) in [6, 6.07) is 19.8. The summed E-state index contributed by atoms with van der Waals surface area (Å²) in [6.45, 7) is 0. The summed E-state index contributed by atoms with van der Waals surface area (Å²) in [5, 5.41) is 12.9. The van der Waals surface area contributed by atoms with Gasteiger partial charge in [0.25, 0.3) is 0 Å². The van der Waals surface area contributed by atoms with Gasteiger partial charge in [0, 0.05) is 5.56 Å². The Labute approximate surface area is 173 Å². The molecule has 1 aromatic heterocycles. The molecule has 1 saturated carbocycles. The molecule has 1 heterocycles. The van der Waals surface area contributed by atoms with Crippen molar-refractivity contribution < 1.29 is 14.7 Å². The second-order valence-corrected chi connectivity index (χ2v) is 8.25. The lowest BCUT2D eigenvalue weighted by molar-refractivity contribution is -0.147. The second kappa shape index (κ2) is 8.57. The summed E-state index contributed by atoms with van der Waals surface area (Å²) in [5.74, 6) is -2.26. The van der Waals surface area contributed by atoms with Crippen molar-refractivity contribution in [2.45, 2.75) is 25.7 Å². The molecule has 1 fully saturated rings. The van der Waals surface area contributed by atoms with E-state index in [4.69, 9.17) is 4.98 Å². The van der Waals surface area contributed by atoms with Crippen molar-refractivity contribution >= 4 is 28.3 Å². The zero-order valence-electron chi connectivity index (χ0n) is 15.9. The highest BCUT2D eigenvalue weighted by atomic mass is 32.1. The molecule has 0 bridgehead atoms. The average Bonchev–Trinajstić information content (AvgIpc) is 3.18. The number of benzene rings is 2. The van der Waals surface area contributed by atoms with Crippen molar-refractivity contribution in [1.82, 2.24) is 4.98 Å². The van der Waals surface area contributed by atoms with Gasteiger partial charge < -0.3 is 10.4 Å². The third kappa shape index (κ3) is 4.22. The molecule has 0 unspecified atom stereocenters. The van der Waals surface area contributed by atoms with Gasteiger partial charge in [0.05, 0.1) is 22.4 Å². The van der Waals surface area contributed by atoms with Gasteiger partial charge in [-0.15, -0.1) is 0 Å². The topological polar surface area (TPSA) is 79.3 Å². The highest BCUT2D eigenvalue weighted by Crippen LogP contribution is 2.39. The molecule has 6 heteroatoms. The molecule has 1 aliphatic carbocycles. The van der Waals surface area contributed by atoms with Crippen LogP contribution in [0.25, 0.3) is 21.7 Å². The fourth-order valence-corrected chi connectivity index (χ4v) is 4.88. The van der Waals surface area contributed by atoms with Crippen LogP contribution in [0.15, 0.2) is 60.7 Å². The predicted molar refractivity (Wildman–Crippen MR) is 115 cm³/mol. The number of rotatable bonds is 5. The molecule has 148 valence electrons. The molecule has 0 aliphatic heterocycles. The van der Waals surface area contributed by atoms with E-state index in [0.717, 1.165) is 34.5 Å². The molecule has 1 amide bonds. The van der Waals surface area contributed by atoms with Crippen molar-refractivity contribution in [1.29, 1.82) is 0 Å². The Morgan fingerprint density at radius 1 is 0.897 bits per heavy atom. The molecular formula is C23H22N2O3S. The first-order valence-corrected chi connectivity index (χ1v) is 10.6. The minimum absolute atomic E-state index is 0.245. The third-order valence-electron chi connectivity index (χ3n) is 5.36. The van der Waals surface area contributed by atoms with Gasteiger partial charge in [-0.05, 0) is 18.4 Å². The van der Waals surface area contributed by atoms with Crippen molar-refractivity contribution in [2.75, 3.05) is 5.32 Å². The van der Waals surface area contributed by atoms with E-state index in [0.29, 0.717) is 18.0 Å². The minimum Gasteiger partial charge on any atom is -0.481 e. The molecule has 2 N–H and O–H groups in total. The van der Waals surface area contributed by atoms with Crippen LogP contribution in [0, 0.1) is 11.8 Å². The van der Waals surface area contributed by atoms with E-state index in [-0.39, 0.29) is 5.91 Å². The van der Waals surface area contributed by atoms with Gasteiger partial charge in [-0.1, -0.05) is 84.8 Å². The van der Waals surface area contributed by atoms with Crippen LogP contribution in [-0.4, -0.2) is 22.0 Å². The molecule has 4 rings (SSSR count). The van der Waals surface area contributed by atoms with Crippen molar-refractivity contribution in [3.8, 4) is 21.7 Å². The molecule has 29 heavy (non-hydrogen) atoms. The third-order valence-corrected chi connectivity index (χ3v) is 6.38. The maximum Gasteiger partial charge on any atom is 0.307 e. The number of aromatic nitrogens is 1. The number of carboxylic acids is 1. The van der Waals surface area contributed by atoms with Crippen LogP contribution in [0.1, 0.15) is 25.7 Å². The summed E-state index contributed by atoms with van der Waals surface area (Å²) in [4.78, 5) is 30.1. The smallest absolute Gasteiger partial charge is 0.307 e. The quantitative estimate of drug-likeness (QED) is 0.602. The van der Waals surface area contributed by atoms with Gasteiger partial charge in [-0.25, -0.2) is 4.98 Å². The number of thiazole rings is 1. The van der Waals surface area contributed by atoms with Gasteiger partial charge >= 0.3 is 5.97 Å². The van der Waals surface area contributed by atoms with Crippen LogP contribution < -0.4 is 5.32 Å². The molecular weight excluding hydrogens is 384 g/mol. The van der Waals surface area contributed by atoms with Crippen LogP contribution in [0.2, 0.25) is 0 Å². The molecule has 3 aromatic rings. The SMILES string of the molecule is O=C(O)[C@H]1CCCC[C@@H]1C(=O)Nc1nc(-c2ccccc2)c(-c2ccccc2)s1. The molecule has 5 nitrogen and oxygen atoms in total. The number of nitrogens with zero attached hydrogens (tertiary/aromatic N) is 1. The maximum atomic E-state index is 12.9. The lowest BCUT2D eigenvalue weighted by atomic mass is 9.79. The summed E-state index contributed by atoms with van der Waals surface area (Å²) >= 11 is 1.42. The summed E-state index contributed by atoms with van der Waals surface area (Å²) in [6.07, 6.45) is 2.89. The van der Waals surface area contributed by atoms with Crippen LogP contribution in [0.3, 0.4) is 0 Å². The first-order valence-electron chi connectivity index (χ1n) is 9.79. The number of hydrogen-bond donors (Lipinski definition) is 2. The number of hydrogen-bond acceptors (Lipinski definition) is 4. The highest BCUT2D eigenvalue weighted by Gasteiger charge is 2.36. The summed E-state index contributed by atoms with van der Waals surface area (Å²) < 4.78 is 0. The molecule has 0 spiro atoms. The maximum absolute atomic E-state index is 12.9. The lowest BCUT2D eigenvalue weighted by Gasteiger charge is -2.26. The minimum atomic E-state index is -0.890. The van der Waals surface area contributed by atoms with Crippen LogP contribution in [-0.2, 0) is 9.59 Å². The van der Waals surface area contributed by atoms with E-state index in [9.17, 15) is 14.7 Å². The fraction of sp³-hybridized carbons (Fsp3) is 0.261. The van der Waals surface area contributed by atoms with Crippen molar-refractivity contribution in [2.24, 2.45) is 11.8 Å². The number of amides is 1. The Morgan fingerprint density at radius 2 is 1.48 bits per heavy atom. The van der Waals surface area contributed by atoms with Gasteiger partial charge in [-0.2, -0.15) is 0 Å². The zero-order valence-corrected chi connectivity index (χ0v) is 16.7.